The number of hydrogen-bond acceptors (Lipinski definition) is 1. The first-order valence-corrected chi connectivity index (χ1v) is 11.4. The predicted octanol–water partition coefficient (Wildman–Crippen LogP) is 7.51. The van der Waals surface area contributed by atoms with E-state index in [1.165, 1.54) is 12.1 Å². The molecule has 0 aliphatic heterocycles. The Morgan fingerprint density at radius 1 is 0.594 bits per heavy atom. The van der Waals surface area contributed by atoms with Crippen molar-refractivity contribution in [3.63, 3.8) is 0 Å². The molecule has 0 unspecified atom stereocenters. The van der Waals surface area contributed by atoms with Crippen molar-refractivity contribution >= 4 is 10.9 Å². The van der Waals surface area contributed by atoms with Crippen molar-refractivity contribution in [1.82, 2.24) is 0 Å². The highest BCUT2D eigenvalue weighted by atomic mass is 32.2. The van der Waals surface area contributed by atoms with Gasteiger partial charge in [0.1, 0.15) is 5.60 Å². The van der Waals surface area contributed by atoms with Crippen LogP contribution in [0.4, 0.5) is 13.2 Å². The molecule has 162 valence electrons. The van der Waals surface area contributed by atoms with Crippen LogP contribution in [0.5, 0.6) is 5.75 Å². The summed E-state index contributed by atoms with van der Waals surface area (Å²) in [7, 11) is -0.469. The third kappa shape index (κ3) is 4.68. The molecular weight excluding hydrogens is 429 g/mol. The molecule has 0 bridgehead atoms. The van der Waals surface area contributed by atoms with Gasteiger partial charge in [-0.1, -0.05) is 42.5 Å². The first kappa shape index (κ1) is 22.0. The summed E-state index contributed by atoms with van der Waals surface area (Å²) in [5.41, 5.74) is -0.669. The number of rotatable bonds is 6. The van der Waals surface area contributed by atoms with Crippen molar-refractivity contribution in [1.29, 1.82) is 0 Å². The molecule has 0 N–H and O–H groups in total. The molecule has 0 radical (unpaired) electrons. The summed E-state index contributed by atoms with van der Waals surface area (Å²) in [6, 6.07) is 28.4. The SMILES string of the molecule is CC(C)(Oc1cc([S+](c2ccccc2)c2ccccc2)ccc1F)c1ccc(F)c(F)c1. The van der Waals surface area contributed by atoms with Crippen molar-refractivity contribution in [2.45, 2.75) is 34.1 Å². The summed E-state index contributed by atoms with van der Waals surface area (Å²) in [6.45, 7) is 3.39. The Kier molecular flexibility index (Phi) is 6.28. The van der Waals surface area contributed by atoms with Gasteiger partial charge in [-0.3, -0.25) is 0 Å². The minimum atomic E-state index is -1.08. The van der Waals surface area contributed by atoms with Crippen LogP contribution in [0.1, 0.15) is 19.4 Å². The van der Waals surface area contributed by atoms with Crippen molar-refractivity contribution in [3.8, 4) is 5.75 Å². The fourth-order valence-corrected chi connectivity index (χ4v) is 5.52. The van der Waals surface area contributed by atoms with Crippen LogP contribution in [-0.4, -0.2) is 0 Å². The second-order valence-corrected chi connectivity index (χ2v) is 9.79. The number of hydrogen-bond donors (Lipinski definition) is 0. The number of ether oxygens (including phenoxy) is 1. The zero-order valence-corrected chi connectivity index (χ0v) is 18.5. The Bertz CT molecular complexity index is 1170. The van der Waals surface area contributed by atoms with Crippen LogP contribution >= 0.6 is 0 Å². The Morgan fingerprint density at radius 3 is 1.72 bits per heavy atom. The summed E-state index contributed by atoms with van der Waals surface area (Å²) < 4.78 is 47.9. The van der Waals surface area contributed by atoms with Gasteiger partial charge in [-0.15, -0.1) is 0 Å². The average molecular weight is 452 g/mol. The fourth-order valence-electron chi connectivity index (χ4n) is 3.41. The van der Waals surface area contributed by atoms with Gasteiger partial charge < -0.3 is 4.74 Å². The Labute approximate surface area is 188 Å². The summed E-state index contributed by atoms with van der Waals surface area (Å²) in [4.78, 5) is 3.08. The first-order valence-electron chi connectivity index (χ1n) is 10.1. The summed E-state index contributed by atoms with van der Waals surface area (Å²) in [6.07, 6.45) is 0. The van der Waals surface area contributed by atoms with E-state index in [0.717, 1.165) is 26.8 Å². The molecule has 0 saturated carbocycles. The molecule has 0 amide bonds. The van der Waals surface area contributed by atoms with E-state index in [1.807, 2.05) is 60.7 Å². The number of halogens is 3. The van der Waals surface area contributed by atoms with Crippen molar-refractivity contribution in [2.75, 3.05) is 0 Å². The van der Waals surface area contributed by atoms with Crippen LogP contribution in [0.25, 0.3) is 0 Å². The van der Waals surface area contributed by atoms with Crippen LogP contribution in [0.15, 0.2) is 112 Å². The van der Waals surface area contributed by atoms with E-state index in [9.17, 15) is 13.2 Å². The maximum Gasteiger partial charge on any atom is 0.170 e. The molecule has 4 aromatic carbocycles. The van der Waals surface area contributed by atoms with Gasteiger partial charge in [0.25, 0.3) is 0 Å². The normalized spacial score (nSPS) is 11.6. The lowest BCUT2D eigenvalue weighted by Crippen LogP contribution is -2.26. The van der Waals surface area contributed by atoms with Gasteiger partial charge >= 0.3 is 0 Å². The highest BCUT2D eigenvalue weighted by molar-refractivity contribution is 7.97. The van der Waals surface area contributed by atoms with E-state index in [2.05, 4.69) is 0 Å². The van der Waals surface area contributed by atoms with Crippen molar-refractivity contribution in [3.05, 3.63) is 120 Å². The fraction of sp³-hybridized carbons (Fsp3) is 0.111. The zero-order chi connectivity index (χ0) is 22.7. The molecule has 0 fully saturated rings. The highest BCUT2D eigenvalue weighted by Crippen LogP contribution is 2.36. The lowest BCUT2D eigenvalue weighted by molar-refractivity contribution is 0.102. The van der Waals surface area contributed by atoms with Crippen LogP contribution in [-0.2, 0) is 16.5 Å². The quantitative estimate of drug-likeness (QED) is 0.276. The van der Waals surface area contributed by atoms with Gasteiger partial charge in [-0.25, -0.2) is 13.2 Å². The van der Waals surface area contributed by atoms with E-state index in [4.69, 9.17) is 4.74 Å². The summed E-state index contributed by atoms with van der Waals surface area (Å²) >= 11 is 0. The maximum atomic E-state index is 14.8. The highest BCUT2D eigenvalue weighted by Gasteiger charge is 2.31. The summed E-state index contributed by atoms with van der Waals surface area (Å²) in [5.74, 6) is -2.37. The molecular formula is C27H22F3OS+. The molecule has 0 aliphatic rings. The molecule has 0 heterocycles. The monoisotopic (exact) mass is 451 g/mol. The van der Waals surface area contributed by atoms with Gasteiger partial charge in [0.2, 0.25) is 0 Å². The van der Waals surface area contributed by atoms with E-state index in [1.54, 1.807) is 26.0 Å². The number of benzene rings is 4. The smallest absolute Gasteiger partial charge is 0.170 e. The molecule has 0 aliphatic carbocycles. The van der Waals surface area contributed by atoms with Crippen LogP contribution < -0.4 is 4.74 Å². The molecule has 0 saturated heterocycles. The minimum absolute atomic E-state index is 0.0570. The maximum absolute atomic E-state index is 14.8. The van der Waals surface area contributed by atoms with E-state index in [0.29, 0.717) is 5.56 Å². The molecule has 4 aromatic rings. The second kappa shape index (κ2) is 9.13. The van der Waals surface area contributed by atoms with Crippen LogP contribution in [0, 0.1) is 17.5 Å². The van der Waals surface area contributed by atoms with Crippen molar-refractivity contribution in [2.24, 2.45) is 0 Å². The molecule has 0 atom stereocenters. The average Bonchev–Trinajstić information content (AvgIpc) is 2.79. The Morgan fingerprint density at radius 2 is 1.16 bits per heavy atom. The first-order chi connectivity index (χ1) is 15.3. The molecule has 0 aromatic heterocycles. The van der Waals surface area contributed by atoms with E-state index >= 15 is 0 Å². The Hall–Kier alpha value is -3.18. The van der Waals surface area contributed by atoms with Gasteiger partial charge in [-0.05, 0) is 67.9 Å². The predicted molar refractivity (Wildman–Crippen MR) is 121 cm³/mol. The van der Waals surface area contributed by atoms with Gasteiger partial charge in [-0.2, -0.15) is 0 Å². The largest absolute Gasteiger partial charge is 0.480 e. The second-order valence-electron chi connectivity index (χ2n) is 7.77. The van der Waals surface area contributed by atoms with E-state index < -0.39 is 33.9 Å². The van der Waals surface area contributed by atoms with Gasteiger partial charge in [0.15, 0.2) is 37.9 Å². The van der Waals surface area contributed by atoms with Gasteiger partial charge in [0, 0.05) is 6.07 Å². The molecule has 4 rings (SSSR count). The Balaban J connectivity index is 1.74. The van der Waals surface area contributed by atoms with E-state index in [-0.39, 0.29) is 5.75 Å². The van der Waals surface area contributed by atoms with Crippen molar-refractivity contribution < 1.29 is 17.9 Å². The summed E-state index contributed by atoms with van der Waals surface area (Å²) in [5, 5.41) is 0. The van der Waals surface area contributed by atoms with Crippen LogP contribution in [0.3, 0.4) is 0 Å². The van der Waals surface area contributed by atoms with Gasteiger partial charge in [0.05, 0.1) is 10.9 Å². The lowest BCUT2D eigenvalue weighted by atomic mass is 9.97. The molecule has 32 heavy (non-hydrogen) atoms. The van der Waals surface area contributed by atoms with Crippen LogP contribution in [0.2, 0.25) is 0 Å². The minimum Gasteiger partial charge on any atom is -0.480 e. The third-order valence-corrected chi connectivity index (χ3v) is 7.29. The molecule has 0 spiro atoms. The standard InChI is InChI=1S/C27H22F3OS/c1-27(2,19-13-15-23(28)25(30)17-19)31-26-18-22(14-16-24(26)29)32(20-9-5-3-6-10-20)21-11-7-4-8-12-21/h3-18H,1-2H3/q+1. The topological polar surface area (TPSA) is 9.23 Å². The lowest BCUT2D eigenvalue weighted by Gasteiger charge is -2.27. The zero-order valence-electron chi connectivity index (χ0n) is 17.7. The molecule has 1 nitrogen and oxygen atoms in total. The third-order valence-electron chi connectivity index (χ3n) is 5.08. The molecule has 5 heteroatoms.